The van der Waals surface area contributed by atoms with Crippen molar-refractivity contribution in [3.8, 4) is 0 Å². The number of nitrogens with one attached hydrogen (secondary N) is 2. The minimum atomic E-state index is -4.55. The first kappa shape index (κ1) is 18.4. The van der Waals surface area contributed by atoms with Gasteiger partial charge in [-0.2, -0.15) is 13.2 Å². The van der Waals surface area contributed by atoms with E-state index in [1.54, 1.807) is 30.3 Å². The van der Waals surface area contributed by atoms with Crippen molar-refractivity contribution in [2.75, 3.05) is 0 Å². The molecule has 1 atom stereocenters. The minimum absolute atomic E-state index is 0.0404. The third kappa shape index (κ3) is 3.74. The van der Waals surface area contributed by atoms with Crippen LogP contribution in [0, 0.1) is 0 Å². The Balaban J connectivity index is 1.94. The van der Waals surface area contributed by atoms with Gasteiger partial charge in [0.15, 0.2) is 0 Å². The number of aldehydes is 1. The van der Waals surface area contributed by atoms with Crippen LogP contribution in [0.25, 0.3) is 10.9 Å². The second-order valence-electron chi connectivity index (χ2n) is 5.79. The van der Waals surface area contributed by atoms with E-state index in [1.807, 2.05) is 0 Å². The van der Waals surface area contributed by atoms with E-state index in [2.05, 4.69) is 10.3 Å². The molecular formula is C19H13F3N2O3. The van der Waals surface area contributed by atoms with Crippen molar-refractivity contribution in [3.05, 3.63) is 81.6 Å². The molecule has 0 aliphatic heterocycles. The van der Waals surface area contributed by atoms with Crippen molar-refractivity contribution in [1.82, 2.24) is 10.3 Å². The summed E-state index contributed by atoms with van der Waals surface area (Å²) in [7, 11) is 0. The van der Waals surface area contributed by atoms with E-state index >= 15 is 0 Å². The molecule has 3 rings (SSSR count). The highest BCUT2D eigenvalue weighted by molar-refractivity contribution is 5.98. The molecule has 3 aromatic rings. The van der Waals surface area contributed by atoms with Gasteiger partial charge in [0, 0.05) is 17.1 Å². The van der Waals surface area contributed by atoms with Crippen molar-refractivity contribution < 1.29 is 22.8 Å². The van der Waals surface area contributed by atoms with Gasteiger partial charge in [0.1, 0.15) is 17.9 Å². The number of carbonyl (C=O) groups excluding carboxylic acids is 2. The summed E-state index contributed by atoms with van der Waals surface area (Å²) in [5.41, 5.74) is -1.44. The molecule has 0 radical (unpaired) electrons. The average molecular weight is 374 g/mol. The molecule has 1 unspecified atom stereocenters. The van der Waals surface area contributed by atoms with Gasteiger partial charge >= 0.3 is 6.18 Å². The van der Waals surface area contributed by atoms with E-state index in [-0.39, 0.29) is 16.5 Å². The maximum atomic E-state index is 12.8. The molecule has 1 heterocycles. The standard InChI is InChI=1S/C19H13F3N2O3/c20-19(21,22)12-6-7-13-15(8-12)23-9-14(17(13)26)18(27)24-16(10-25)11-4-2-1-3-5-11/h1-10,16H,(H,23,26)(H,24,27). The van der Waals surface area contributed by atoms with Gasteiger partial charge in [-0.3, -0.25) is 9.59 Å². The van der Waals surface area contributed by atoms with Gasteiger partial charge in [-0.25, -0.2) is 0 Å². The van der Waals surface area contributed by atoms with E-state index in [1.165, 1.54) is 0 Å². The topological polar surface area (TPSA) is 79.0 Å². The Labute approximate surface area is 150 Å². The van der Waals surface area contributed by atoms with Crippen LogP contribution in [0.1, 0.15) is 27.5 Å². The Bertz CT molecular complexity index is 1060. The number of aromatic nitrogens is 1. The summed E-state index contributed by atoms with van der Waals surface area (Å²) in [5, 5.41) is 2.38. The van der Waals surface area contributed by atoms with Gasteiger partial charge in [0.25, 0.3) is 5.91 Å². The SMILES string of the molecule is O=CC(NC(=O)c1c[nH]c2cc(C(F)(F)F)ccc2c1=O)c1ccccc1. The molecule has 0 aliphatic rings. The average Bonchev–Trinajstić information content (AvgIpc) is 2.66. The number of rotatable bonds is 4. The third-order valence-corrected chi connectivity index (χ3v) is 4.03. The largest absolute Gasteiger partial charge is 0.416 e. The fraction of sp³-hybridized carbons (Fsp3) is 0.105. The molecule has 0 saturated heterocycles. The van der Waals surface area contributed by atoms with Gasteiger partial charge in [-0.1, -0.05) is 30.3 Å². The number of hydrogen-bond acceptors (Lipinski definition) is 3. The maximum Gasteiger partial charge on any atom is 0.416 e. The van der Waals surface area contributed by atoms with Crippen LogP contribution in [-0.4, -0.2) is 17.2 Å². The Morgan fingerprint density at radius 3 is 2.44 bits per heavy atom. The molecule has 138 valence electrons. The van der Waals surface area contributed by atoms with Gasteiger partial charge in [-0.05, 0) is 23.8 Å². The number of pyridine rings is 1. The van der Waals surface area contributed by atoms with Crippen LogP contribution in [-0.2, 0) is 11.0 Å². The van der Waals surface area contributed by atoms with Gasteiger partial charge in [-0.15, -0.1) is 0 Å². The summed E-state index contributed by atoms with van der Waals surface area (Å²) in [6, 6.07) is 10.1. The van der Waals surface area contributed by atoms with Crippen LogP contribution in [0.15, 0.2) is 59.5 Å². The van der Waals surface area contributed by atoms with E-state index < -0.39 is 29.1 Å². The molecule has 5 nitrogen and oxygen atoms in total. The third-order valence-electron chi connectivity index (χ3n) is 4.03. The number of fused-ring (bicyclic) bond motifs is 1. The molecular weight excluding hydrogens is 361 g/mol. The van der Waals surface area contributed by atoms with Crippen molar-refractivity contribution in [2.45, 2.75) is 12.2 Å². The highest BCUT2D eigenvalue weighted by Crippen LogP contribution is 2.30. The summed E-state index contributed by atoms with van der Waals surface area (Å²) < 4.78 is 38.3. The number of hydrogen-bond donors (Lipinski definition) is 2. The number of aromatic amines is 1. The lowest BCUT2D eigenvalue weighted by Gasteiger charge is -2.13. The smallest absolute Gasteiger partial charge is 0.360 e. The second kappa shape index (κ2) is 7.06. The van der Waals surface area contributed by atoms with E-state index in [0.717, 1.165) is 24.4 Å². The summed E-state index contributed by atoms with van der Waals surface area (Å²) in [6.07, 6.45) is -2.99. The Morgan fingerprint density at radius 2 is 1.81 bits per heavy atom. The minimum Gasteiger partial charge on any atom is -0.360 e. The fourth-order valence-corrected chi connectivity index (χ4v) is 2.64. The van der Waals surface area contributed by atoms with Gasteiger partial charge in [0.2, 0.25) is 5.43 Å². The number of halogens is 3. The van der Waals surface area contributed by atoms with Gasteiger partial charge in [0.05, 0.1) is 5.56 Å². The summed E-state index contributed by atoms with van der Waals surface area (Å²) >= 11 is 0. The number of amides is 1. The summed E-state index contributed by atoms with van der Waals surface area (Å²) in [5.74, 6) is -0.806. The van der Waals surface area contributed by atoms with Crippen molar-refractivity contribution in [2.24, 2.45) is 0 Å². The van der Waals surface area contributed by atoms with Crippen molar-refractivity contribution >= 4 is 23.1 Å². The van der Waals surface area contributed by atoms with E-state index in [0.29, 0.717) is 11.8 Å². The quantitative estimate of drug-likeness (QED) is 0.689. The van der Waals surface area contributed by atoms with Crippen LogP contribution in [0.5, 0.6) is 0 Å². The molecule has 0 saturated carbocycles. The zero-order valence-electron chi connectivity index (χ0n) is 13.7. The monoisotopic (exact) mass is 374 g/mol. The molecule has 2 aromatic carbocycles. The second-order valence-corrected chi connectivity index (χ2v) is 5.79. The molecule has 8 heteroatoms. The van der Waals surface area contributed by atoms with Crippen LogP contribution in [0.2, 0.25) is 0 Å². The summed E-state index contributed by atoms with van der Waals surface area (Å²) in [4.78, 5) is 38.7. The number of alkyl halides is 3. The molecule has 27 heavy (non-hydrogen) atoms. The number of carbonyl (C=O) groups is 2. The van der Waals surface area contributed by atoms with E-state index in [4.69, 9.17) is 0 Å². The predicted octanol–water partition coefficient (Wildman–Crippen LogP) is 3.22. The van der Waals surface area contributed by atoms with Crippen LogP contribution < -0.4 is 10.7 Å². The maximum absolute atomic E-state index is 12.8. The van der Waals surface area contributed by atoms with Crippen LogP contribution >= 0.6 is 0 Å². The Morgan fingerprint density at radius 1 is 1.11 bits per heavy atom. The first-order valence-corrected chi connectivity index (χ1v) is 7.85. The lowest BCUT2D eigenvalue weighted by atomic mass is 10.1. The number of H-pyrrole nitrogens is 1. The first-order chi connectivity index (χ1) is 12.8. The zero-order chi connectivity index (χ0) is 19.6. The summed E-state index contributed by atoms with van der Waals surface area (Å²) in [6.45, 7) is 0. The number of benzene rings is 2. The van der Waals surface area contributed by atoms with E-state index in [9.17, 15) is 27.6 Å². The zero-order valence-corrected chi connectivity index (χ0v) is 13.7. The molecule has 0 fully saturated rings. The van der Waals surface area contributed by atoms with Crippen molar-refractivity contribution in [1.29, 1.82) is 0 Å². The highest BCUT2D eigenvalue weighted by atomic mass is 19.4. The fourth-order valence-electron chi connectivity index (χ4n) is 2.64. The lowest BCUT2D eigenvalue weighted by Crippen LogP contribution is -2.33. The molecule has 1 aromatic heterocycles. The van der Waals surface area contributed by atoms with Crippen LogP contribution in [0.4, 0.5) is 13.2 Å². The van der Waals surface area contributed by atoms with Crippen molar-refractivity contribution in [3.63, 3.8) is 0 Å². The Kier molecular flexibility index (Phi) is 4.81. The predicted molar refractivity (Wildman–Crippen MR) is 92.3 cm³/mol. The van der Waals surface area contributed by atoms with Gasteiger partial charge < -0.3 is 15.1 Å². The van der Waals surface area contributed by atoms with Crippen LogP contribution in [0.3, 0.4) is 0 Å². The molecule has 0 spiro atoms. The molecule has 1 amide bonds. The lowest BCUT2D eigenvalue weighted by molar-refractivity contribution is -0.137. The molecule has 2 N–H and O–H groups in total. The molecule has 0 aliphatic carbocycles. The normalized spacial score (nSPS) is 12.6. The first-order valence-electron chi connectivity index (χ1n) is 7.85. The highest BCUT2D eigenvalue weighted by Gasteiger charge is 2.30. The Hall–Kier alpha value is -3.42. The molecule has 0 bridgehead atoms.